The Labute approximate surface area is 126 Å². The van der Waals surface area contributed by atoms with Gasteiger partial charge in [-0.15, -0.1) is 0 Å². The average molecular weight is 324 g/mol. The molecule has 0 amide bonds. The molecule has 1 aromatic rings. The molecule has 1 aliphatic rings. The number of rotatable bonds is 4. The minimum absolute atomic E-state index is 0.349. The lowest BCUT2D eigenvalue weighted by molar-refractivity contribution is 0.336. The van der Waals surface area contributed by atoms with E-state index in [0.29, 0.717) is 11.5 Å². The molecule has 0 radical (unpaired) electrons. The molecule has 0 bridgehead atoms. The molecule has 0 spiro atoms. The van der Waals surface area contributed by atoms with Gasteiger partial charge in [0.25, 0.3) is 0 Å². The maximum absolute atomic E-state index is 3.69. The first-order valence-electron chi connectivity index (χ1n) is 7.62. The molecule has 0 saturated heterocycles. The highest BCUT2D eigenvalue weighted by Gasteiger charge is 2.32. The van der Waals surface area contributed by atoms with Crippen molar-refractivity contribution in [1.29, 1.82) is 0 Å². The van der Waals surface area contributed by atoms with Crippen molar-refractivity contribution < 1.29 is 0 Å². The second kappa shape index (κ2) is 6.90. The van der Waals surface area contributed by atoms with Crippen LogP contribution in [0.2, 0.25) is 0 Å². The number of halogens is 1. The Morgan fingerprint density at radius 3 is 2.16 bits per heavy atom. The Morgan fingerprint density at radius 2 is 1.63 bits per heavy atom. The van der Waals surface area contributed by atoms with Crippen molar-refractivity contribution in [2.75, 3.05) is 6.54 Å². The van der Waals surface area contributed by atoms with Crippen LogP contribution in [0.25, 0.3) is 0 Å². The van der Waals surface area contributed by atoms with E-state index in [1.54, 1.807) is 0 Å². The zero-order valence-electron chi connectivity index (χ0n) is 12.2. The van der Waals surface area contributed by atoms with E-state index in [2.05, 4.69) is 59.4 Å². The highest BCUT2D eigenvalue weighted by atomic mass is 79.9. The molecule has 1 nitrogen and oxygen atoms in total. The molecular weight excluding hydrogens is 298 g/mol. The predicted octanol–water partition coefficient (Wildman–Crippen LogP) is 5.04. The Kier molecular flexibility index (Phi) is 5.47. The molecule has 0 aliphatic heterocycles. The van der Waals surface area contributed by atoms with E-state index >= 15 is 0 Å². The largest absolute Gasteiger partial charge is 0.314 e. The van der Waals surface area contributed by atoms with Crippen molar-refractivity contribution in [3.05, 3.63) is 34.3 Å². The Balaban J connectivity index is 2.23. The van der Waals surface area contributed by atoms with Gasteiger partial charge in [0.05, 0.1) is 0 Å². The lowest BCUT2D eigenvalue weighted by Gasteiger charge is -2.35. The van der Waals surface area contributed by atoms with Gasteiger partial charge in [0.1, 0.15) is 0 Å². The van der Waals surface area contributed by atoms with Crippen molar-refractivity contribution in [3.8, 4) is 0 Å². The summed E-state index contributed by atoms with van der Waals surface area (Å²) in [4.78, 5) is 0. The van der Waals surface area contributed by atoms with E-state index < -0.39 is 0 Å². The first kappa shape index (κ1) is 15.1. The van der Waals surface area contributed by atoms with Gasteiger partial charge in [0.15, 0.2) is 0 Å². The second-order valence-electron chi connectivity index (χ2n) is 6.24. The summed E-state index contributed by atoms with van der Waals surface area (Å²) < 4.78 is 1.18. The Morgan fingerprint density at radius 1 is 1.05 bits per heavy atom. The van der Waals surface area contributed by atoms with Gasteiger partial charge < -0.3 is 5.32 Å². The summed E-state index contributed by atoms with van der Waals surface area (Å²) in [7, 11) is 0. The second-order valence-corrected chi connectivity index (χ2v) is 7.15. The van der Waals surface area contributed by atoms with Crippen LogP contribution < -0.4 is 5.32 Å². The summed E-state index contributed by atoms with van der Waals surface area (Å²) in [5, 5.41) is 3.69. The SMILES string of the molecule is CC(C)NCC1(c2ccc(Br)cc2)CCCCCC1. The van der Waals surface area contributed by atoms with Crippen LogP contribution in [0.15, 0.2) is 28.7 Å². The fourth-order valence-corrected chi connectivity index (χ4v) is 3.44. The first-order chi connectivity index (χ1) is 9.12. The maximum atomic E-state index is 3.69. The molecule has 1 aliphatic carbocycles. The zero-order chi connectivity index (χ0) is 13.7. The van der Waals surface area contributed by atoms with E-state index in [9.17, 15) is 0 Å². The normalized spacial score (nSPS) is 19.4. The van der Waals surface area contributed by atoms with Gasteiger partial charge in [0.2, 0.25) is 0 Å². The van der Waals surface area contributed by atoms with Crippen molar-refractivity contribution in [2.45, 2.75) is 63.8 Å². The third-order valence-corrected chi connectivity index (χ3v) is 4.89. The monoisotopic (exact) mass is 323 g/mol. The van der Waals surface area contributed by atoms with Crippen molar-refractivity contribution in [2.24, 2.45) is 0 Å². The van der Waals surface area contributed by atoms with Gasteiger partial charge in [-0.3, -0.25) is 0 Å². The van der Waals surface area contributed by atoms with Crippen LogP contribution in [-0.4, -0.2) is 12.6 Å². The van der Waals surface area contributed by atoms with Crippen LogP contribution in [0.5, 0.6) is 0 Å². The summed E-state index contributed by atoms with van der Waals surface area (Å²) in [5.74, 6) is 0. The van der Waals surface area contributed by atoms with Crippen LogP contribution in [-0.2, 0) is 5.41 Å². The predicted molar refractivity (Wildman–Crippen MR) is 86.7 cm³/mol. The third-order valence-electron chi connectivity index (χ3n) is 4.37. The number of nitrogens with one attached hydrogen (secondary N) is 1. The maximum Gasteiger partial charge on any atom is 0.0175 e. The molecule has 1 aromatic carbocycles. The number of benzene rings is 1. The van der Waals surface area contributed by atoms with Gasteiger partial charge in [-0.1, -0.05) is 67.6 Å². The van der Waals surface area contributed by atoms with Gasteiger partial charge in [-0.2, -0.15) is 0 Å². The molecular formula is C17H26BrN. The molecule has 0 heterocycles. The van der Waals surface area contributed by atoms with E-state index in [-0.39, 0.29) is 0 Å². The topological polar surface area (TPSA) is 12.0 Å². The fraction of sp³-hybridized carbons (Fsp3) is 0.647. The number of hydrogen-bond donors (Lipinski definition) is 1. The minimum Gasteiger partial charge on any atom is -0.314 e. The highest BCUT2D eigenvalue weighted by Crippen LogP contribution is 2.38. The Bertz CT molecular complexity index is 375. The molecule has 0 atom stereocenters. The molecule has 106 valence electrons. The fourth-order valence-electron chi connectivity index (χ4n) is 3.18. The summed E-state index contributed by atoms with van der Waals surface area (Å²) in [6.07, 6.45) is 8.20. The average Bonchev–Trinajstić information content (AvgIpc) is 2.64. The van der Waals surface area contributed by atoms with Gasteiger partial charge in [-0.25, -0.2) is 0 Å². The van der Waals surface area contributed by atoms with Gasteiger partial charge >= 0.3 is 0 Å². The van der Waals surface area contributed by atoms with Crippen LogP contribution in [0.1, 0.15) is 57.9 Å². The third kappa shape index (κ3) is 4.06. The van der Waals surface area contributed by atoms with Crippen LogP contribution in [0.4, 0.5) is 0 Å². The van der Waals surface area contributed by atoms with Crippen LogP contribution in [0, 0.1) is 0 Å². The number of hydrogen-bond acceptors (Lipinski definition) is 1. The van der Waals surface area contributed by atoms with Gasteiger partial charge in [-0.05, 0) is 30.5 Å². The standard InChI is InChI=1S/C17H26BrN/c1-14(2)19-13-17(11-5-3-4-6-12-17)15-7-9-16(18)10-8-15/h7-10,14,19H,3-6,11-13H2,1-2H3. The Hall–Kier alpha value is -0.340. The molecule has 19 heavy (non-hydrogen) atoms. The molecule has 0 unspecified atom stereocenters. The van der Waals surface area contributed by atoms with Crippen molar-refractivity contribution >= 4 is 15.9 Å². The van der Waals surface area contributed by atoms with Crippen molar-refractivity contribution in [3.63, 3.8) is 0 Å². The van der Waals surface area contributed by atoms with E-state index in [4.69, 9.17) is 0 Å². The summed E-state index contributed by atoms with van der Waals surface area (Å²) >= 11 is 3.55. The lowest BCUT2D eigenvalue weighted by Crippen LogP contribution is -2.40. The van der Waals surface area contributed by atoms with Crippen molar-refractivity contribution in [1.82, 2.24) is 5.32 Å². The molecule has 1 fully saturated rings. The summed E-state index contributed by atoms with van der Waals surface area (Å²) in [6, 6.07) is 9.58. The molecule has 2 heteroatoms. The first-order valence-corrected chi connectivity index (χ1v) is 8.41. The molecule has 0 aromatic heterocycles. The summed E-state index contributed by atoms with van der Waals surface area (Å²) in [6.45, 7) is 5.60. The smallest absolute Gasteiger partial charge is 0.0175 e. The molecule has 1 N–H and O–H groups in total. The minimum atomic E-state index is 0.349. The zero-order valence-corrected chi connectivity index (χ0v) is 13.8. The van der Waals surface area contributed by atoms with Crippen LogP contribution in [0.3, 0.4) is 0 Å². The summed E-state index contributed by atoms with van der Waals surface area (Å²) in [5.41, 5.74) is 1.87. The molecule has 1 saturated carbocycles. The van der Waals surface area contributed by atoms with E-state index in [0.717, 1.165) is 6.54 Å². The molecule has 2 rings (SSSR count). The highest BCUT2D eigenvalue weighted by molar-refractivity contribution is 9.10. The van der Waals surface area contributed by atoms with Crippen LogP contribution >= 0.6 is 15.9 Å². The van der Waals surface area contributed by atoms with Gasteiger partial charge in [0, 0.05) is 22.5 Å². The quantitative estimate of drug-likeness (QED) is 0.765. The van der Waals surface area contributed by atoms with E-state index in [1.807, 2.05) is 0 Å². The van der Waals surface area contributed by atoms with E-state index in [1.165, 1.54) is 48.6 Å². The lowest BCUT2D eigenvalue weighted by atomic mass is 9.74.